The van der Waals surface area contributed by atoms with Gasteiger partial charge in [0.25, 0.3) is 0 Å². The topological polar surface area (TPSA) is 74.2 Å². The number of nitrogens with zero attached hydrogens (tertiary/aromatic N) is 2. The number of rotatable bonds is 6. The molecule has 5 nitrogen and oxygen atoms in total. The molecule has 0 unspecified atom stereocenters. The Morgan fingerprint density at radius 3 is 2.65 bits per heavy atom. The maximum absolute atomic E-state index is 5.91. The van der Waals surface area contributed by atoms with Crippen molar-refractivity contribution < 1.29 is 9.26 Å². The second-order valence-electron chi connectivity index (χ2n) is 4.85. The van der Waals surface area contributed by atoms with Gasteiger partial charge in [0, 0.05) is 12.1 Å². The van der Waals surface area contributed by atoms with Gasteiger partial charge in [-0.2, -0.15) is 4.98 Å². The molecule has 20 heavy (non-hydrogen) atoms. The molecule has 0 fully saturated rings. The summed E-state index contributed by atoms with van der Waals surface area (Å²) in [7, 11) is 1.63. The molecule has 1 aromatic heterocycles. The van der Waals surface area contributed by atoms with Gasteiger partial charge >= 0.3 is 0 Å². The Kier molecular flexibility index (Phi) is 4.39. The molecule has 2 aromatic rings. The number of nitrogens with two attached hydrogens (primary N) is 1. The van der Waals surface area contributed by atoms with E-state index in [1.165, 1.54) is 0 Å². The fourth-order valence-electron chi connectivity index (χ4n) is 2.25. The van der Waals surface area contributed by atoms with Gasteiger partial charge in [0.2, 0.25) is 11.7 Å². The Hall–Kier alpha value is -1.88. The van der Waals surface area contributed by atoms with Gasteiger partial charge in [-0.3, -0.25) is 0 Å². The summed E-state index contributed by atoms with van der Waals surface area (Å²) in [6.45, 7) is 4.68. The fraction of sp³-hybridized carbons (Fsp3) is 0.467. The van der Waals surface area contributed by atoms with Gasteiger partial charge in [0.1, 0.15) is 5.75 Å². The Bertz CT molecular complexity index is 553. The van der Waals surface area contributed by atoms with E-state index in [0.29, 0.717) is 18.3 Å². The van der Waals surface area contributed by atoms with Gasteiger partial charge in [-0.05, 0) is 25.0 Å². The molecule has 0 atom stereocenters. The van der Waals surface area contributed by atoms with Crippen molar-refractivity contribution in [2.45, 2.75) is 32.1 Å². The van der Waals surface area contributed by atoms with Gasteiger partial charge in [0.15, 0.2) is 0 Å². The van der Waals surface area contributed by atoms with E-state index in [2.05, 4.69) is 24.0 Å². The fourth-order valence-corrected chi connectivity index (χ4v) is 2.25. The molecule has 1 aromatic carbocycles. The van der Waals surface area contributed by atoms with Crippen molar-refractivity contribution in [1.82, 2.24) is 10.1 Å². The standard InChI is InChI=1S/C15H21N3O2/c1-4-15(5-2,10-16)14-17-13(18-20-14)11-7-6-8-12(9-11)19-3/h6-9H,4-5,10,16H2,1-3H3. The minimum Gasteiger partial charge on any atom is -0.497 e. The van der Waals surface area contributed by atoms with Crippen LogP contribution in [0.3, 0.4) is 0 Å². The second-order valence-corrected chi connectivity index (χ2v) is 4.85. The van der Waals surface area contributed by atoms with Gasteiger partial charge in [-0.1, -0.05) is 31.1 Å². The Labute approximate surface area is 119 Å². The number of hydrogen-bond donors (Lipinski definition) is 1. The number of aromatic nitrogens is 2. The van der Waals surface area contributed by atoms with Crippen LogP contribution < -0.4 is 10.5 Å². The molecular weight excluding hydrogens is 254 g/mol. The predicted octanol–water partition coefficient (Wildman–Crippen LogP) is 2.76. The molecule has 108 valence electrons. The summed E-state index contributed by atoms with van der Waals surface area (Å²) in [6, 6.07) is 7.60. The lowest BCUT2D eigenvalue weighted by Gasteiger charge is -2.24. The molecule has 0 aliphatic carbocycles. The Balaban J connectivity index is 2.37. The van der Waals surface area contributed by atoms with Gasteiger partial charge in [-0.25, -0.2) is 0 Å². The lowest BCUT2D eigenvalue weighted by Crippen LogP contribution is -2.34. The van der Waals surface area contributed by atoms with Crippen LogP contribution in [0, 0.1) is 0 Å². The number of benzene rings is 1. The molecule has 0 saturated heterocycles. The van der Waals surface area contributed by atoms with Crippen LogP contribution in [0.1, 0.15) is 32.6 Å². The summed E-state index contributed by atoms with van der Waals surface area (Å²) in [5, 5.41) is 4.07. The van der Waals surface area contributed by atoms with Gasteiger partial charge in [-0.15, -0.1) is 0 Å². The van der Waals surface area contributed by atoms with Crippen molar-refractivity contribution in [1.29, 1.82) is 0 Å². The average Bonchev–Trinajstić information content (AvgIpc) is 3.00. The third kappa shape index (κ3) is 2.54. The van der Waals surface area contributed by atoms with Gasteiger partial charge in [0.05, 0.1) is 12.5 Å². The highest BCUT2D eigenvalue weighted by atomic mass is 16.5. The van der Waals surface area contributed by atoms with Crippen LogP contribution in [-0.2, 0) is 5.41 Å². The highest BCUT2D eigenvalue weighted by Gasteiger charge is 2.33. The summed E-state index contributed by atoms with van der Waals surface area (Å²) in [6.07, 6.45) is 1.75. The molecule has 0 aliphatic rings. The van der Waals surface area contributed by atoms with E-state index < -0.39 is 0 Å². The lowest BCUT2D eigenvalue weighted by molar-refractivity contribution is 0.267. The minimum atomic E-state index is -0.232. The third-order valence-corrected chi connectivity index (χ3v) is 3.95. The molecule has 0 spiro atoms. The van der Waals surface area contributed by atoms with Crippen LogP contribution in [0.4, 0.5) is 0 Å². The molecule has 0 aliphatic heterocycles. The van der Waals surface area contributed by atoms with Crippen molar-refractivity contribution in [3.63, 3.8) is 0 Å². The van der Waals surface area contributed by atoms with Crippen molar-refractivity contribution in [2.75, 3.05) is 13.7 Å². The second kappa shape index (κ2) is 6.05. The first-order valence-corrected chi connectivity index (χ1v) is 6.87. The summed E-state index contributed by atoms with van der Waals surface area (Å²) in [5.74, 6) is 1.95. The number of ether oxygens (including phenoxy) is 1. The van der Waals surface area contributed by atoms with Crippen LogP contribution in [0.15, 0.2) is 28.8 Å². The number of methoxy groups -OCH3 is 1. The molecule has 5 heteroatoms. The molecule has 0 bridgehead atoms. The maximum atomic E-state index is 5.91. The SMILES string of the molecule is CCC(CC)(CN)c1nc(-c2cccc(OC)c2)no1. The molecule has 2 rings (SSSR count). The number of hydrogen-bond acceptors (Lipinski definition) is 5. The maximum Gasteiger partial charge on any atom is 0.234 e. The highest BCUT2D eigenvalue weighted by molar-refractivity contribution is 5.56. The van der Waals surface area contributed by atoms with Crippen LogP contribution in [0.25, 0.3) is 11.4 Å². The summed E-state index contributed by atoms with van der Waals surface area (Å²) in [4.78, 5) is 4.53. The van der Waals surface area contributed by atoms with Crippen LogP contribution in [0.5, 0.6) is 5.75 Å². The minimum absolute atomic E-state index is 0.232. The Morgan fingerprint density at radius 2 is 2.05 bits per heavy atom. The predicted molar refractivity (Wildman–Crippen MR) is 77.6 cm³/mol. The molecule has 0 amide bonds. The van der Waals surface area contributed by atoms with Crippen molar-refractivity contribution in [3.8, 4) is 17.1 Å². The zero-order valence-corrected chi connectivity index (χ0v) is 12.2. The van der Waals surface area contributed by atoms with Gasteiger partial charge < -0.3 is 15.0 Å². The average molecular weight is 275 g/mol. The normalized spacial score (nSPS) is 11.6. The van der Waals surface area contributed by atoms with E-state index in [9.17, 15) is 0 Å². The van der Waals surface area contributed by atoms with Crippen LogP contribution in [0.2, 0.25) is 0 Å². The molecule has 1 heterocycles. The van der Waals surface area contributed by atoms with E-state index in [1.807, 2.05) is 24.3 Å². The monoisotopic (exact) mass is 275 g/mol. The first-order valence-electron chi connectivity index (χ1n) is 6.87. The first kappa shape index (κ1) is 14.5. The van der Waals surface area contributed by atoms with Crippen molar-refractivity contribution in [2.24, 2.45) is 5.73 Å². The van der Waals surface area contributed by atoms with Crippen LogP contribution in [-0.4, -0.2) is 23.8 Å². The molecule has 2 N–H and O–H groups in total. The quantitative estimate of drug-likeness (QED) is 0.877. The zero-order valence-electron chi connectivity index (χ0n) is 12.2. The zero-order chi connectivity index (χ0) is 14.6. The smallest absolute Gasteiger partial charge is 0.234 e. The summed E-state index contributed by atoms with van der Waals surface area (Å²) in [5.41, 5.74) is 6.55. The highest BCUT2D eigenvalue weighted by Crippen LogP contribution is 2.31. The van der Waals surface area contributed by atoms with Crippen LogP contribution >= 0.6 is 0 Å². The van der Waals surface area contributed by atoms with E-state index >= 15 is 0 Å². The summed E-state index contributed by atoms with van der Waals surface area (Å²) < 4.78 is 10.7. The van der Waals surface area contributed by atoms with E-state index in [4.69, 9.17) is 15.0 Å². The lowest BCUT2D eigenvalue weighted by atomic mass is 9.82. The first-order chi connectivity index (χ1) is 9.69. The van der Waals surface area contributed by atoms with E-state index in [-0.39, 0.29) is 5.41 Å². The largest absolute Gasteiger partial charge is 0.497 e. The molecule has 0 radical (unpaired) electrons. The van der Waals surface area contributed by atoms with E-state index in [0.717, 1.165) is 24.2 Å². The molecule has 0 saturated carbocycles. The third-order valence-electron chi connectivity index (χ3n) is 3.95. The van der Waals surface area contributed by atoms with Crippen molar-refractivity contribution >= 4 is 0 Å². The Morgan fingerprint density at radius 1 is 1.30 bits per heavy atom. The van der Waals surface area contributed by atoms with E-state index in [1.54, 1.807) is 7.11 Å². The van der Waals surface area contributed by atoms with Crippen molar-refractivity contribution in [3.05, 3.63) is 30.2 Å². The summed E-state index contributed by atoms with van der Waals surface area (Å²) >= 11 is 0. The molecular formula is C15H21N3O2.